The van der Waals surface area contributed by atoms with Gasteiger partial charge in [-0.25, -0.2) is 12.8 Å². The van der Waals surface area contributed by atoms with E-state index in [2.05, 4.69) is 0 Å². The molecule has 0 saturated heterocycles. The summed E-state index contributed by atoms with van der Waals surface area (Å²) in [6.45, 7) is 1.90. The van der Waals surface area contributed by atoms with E-state index in [0.717, 1.165) is 17.7 Å². The van der Waals surface area contributed by atoms with Crippen LogP contribution in [0, 0.1) is 12.7 Å². The summed E-state index contributed by atoms with van der Waals surface area (Å²) in [5, 5.41) is -0.825. The Balaban J connectivity index is 2.44. The SMILES string of the molecule is Cc1ccc([C@@H](CN)S(=O)(=O)c2ccc(F)cc2)cc1. The van der Waals surface area contributed by atoms with Gasteiger partial charge in [0.1, 0.15) is 11.1 Å². The van der Waals surface area contributed by atoms with Crippen molar-refractivity contribution in [2.45, 2.75) is 17.1 Å². The Hall–Kier alpha value is -1.72. The molecule has 2 N–H and O–H groups in total. The molecule has 0 radical (unpaired) electrons. The summed E-state index contributed by atoms with van der Waals surface area (Å²) >= 11 is 0. The Labute approximate surface area is 118 Å². The monoisotopic (exact) mass is 293 g/mol. The van der Waals surface area contributed by atoms with Gasteiger partial charge in [0.15, 0.2) is 9.84 Å². The molecule has 0 amide bonds. The van der Waals surface area contributed by atoms with Gasteiger partial charge in [-0.3, -0.25) is 0 Å². The minimum Gasteiger partial charge on any atom is -0.329 e. The van der Waals surface area contributed by atoms with Crippen LogP contribution < -0.4 is 5.73 Å². The van der Waals surface area contributed by atoms with Crippen LogP contribution in [0.3, 0.4) is 0 Å². The Morgan fingerprint density at radius 2 is 1.60 bits per heavy atom. The van der Waals surface area contributed by atoms with Crippen molar-refractivity contribution in [2.75, 3.05) is 6.54 Å². The predicted molar refractivity (Wildman–Crippen MR) is 76.6 cm³/mol. The summed E-state index contributed by atoms with van der Waals surface area (Å²) in [5.41, 5.74) is 7.33. The second-order valence-corrected chi connectivity index (χ2v) is 6.76. The number of hydrogen-bond acceptors (Lipinski definition) is 3. The average Bonchev–Trinajstić information content (AvgIpc) is 2.42. The van der Waals surface area contributed by atoms with Crippen molar-refractivity contribution < 1.29 is 12.8 Å². The summed E-state index contributed by atoms with van der Waals surface area (Å²) in [4.78, 5) is 0.0786. The Kier molecular flexibility index (Phi) is 4.20. The van der Waals surface area contributed by atoms with Crippen molar-refractivity contribution >= 4 is 9.84 Å². The van der Waals surface area contributed by atoms with Crippen LogP contribution in [0.5, 0.6) is 0 Å². The largest absolute Gasteiger partial charge is 0.329 e. The van der Waals surface area contributed by atoms with Gasteiger partial charge in [0.05, 0.1) is 4.90 Å². The lowest BCUT2D eigenvalue weighted by Gasteiger charge is -2.16. The van der Waals surface area contributed by atoms with Gasteiger partial charge in [-0.1, -0.05) is 29.8 Å². The lowest BCUT2D eigenvalue weighted by molar-refractivity contribution is 0.581. The van der Waals surface area contributed by atoms with E-state index < -0.39 is 20.9 Å². The maximum Gasteiger partial charge on any atom is 0.186 e. The van der Waals surface area contributed by atoms with E-state index in [4.69, 9.17) is 5.73 Å². The van der Waals surface area contributed by atoms with Crippen LogP contribution in [0.25, 0.3) is 0 Å². The van der Waals surface area contributed by atoms with Crippen LogP contribution in [0.2, 0.25) is 0 Å². The molecule has 0 spiro atoms. The highest BCUT2D eigenvalue weighted by atomic mass is 32.2. The highest BCUT2D eigenvalue weighted by molar-refractivity contribution is 7.91. The molecule has 2 rings (SSSR count). The summed E-state index contributed by atoms with van der Waals surface area (Å²) < 4.78 is 38.0. The van der Waals surface area contributed by atoms with Gasteiger partial charge in [-0.2, -0.15) is 0 Å². The second-order valence-electron chi connectivity index (χ2n) is 4.63. The van der Waals surface area contributed by atoms with Crippen LogP contribution in [0.15, 0.2) is 53.4 Å². The summed E-state index contributed by atoms with van der Waals surface area (Å²) in [6.07, 6.45) is 0. The molecule has 2 aromatic rings. The van der Waals surface area contributed by atoms with Gasteiger partial charge < -0.3 is 5.73 Å². The third-order valence-corrected chi connectivity index (χ3v) is 5.32. The van der Waals surface area contributed by atoms with Crippen LogP contribution in [-0.2, 0) is 9.84 Å². The zero-order chi connectivity index (χ0) is 14.8. The maximum atomic E-state index is 12.9. The molecule has 0 aliphatic rings. The summed E-state index contributed by atoms with van der Waals surface area (Å²) in [6, 6.07) is 12.0. The molecule has 0 unspecified atom stereocenters. The fraction of sp³-hybridized carbons (Fsp3) is 0.200. The molecule has 0 bridgehead atoms. The zero-order valence-corrected chi connectivity index (χ0v) is 11.9. The molecule has 0 fully saturated rings. The number of nitrogens with two attached hydrogens (primary N) is 1. The number of rotatable bonds is 4. The first kappa shape index (κ1) is 14.7. The van der Waals surface area contributed by atoms with Crippen molar-refractivity contribution in [3.63, 3.8) is 0 Å². The quantitative estimate of drug-likeness (QED) is 0.881. The topological polar surface area (TPSA) is 60.2 Å². The van der Waals surface area contributed by atoms with Gasteiger partial charge in [0, 0.05) is 6.54 Å². The molecule has 5 heteroatoms. The molecule has 106 valence electrons. The number of sulfone groups is 1. The molecule has 0 saturated carbocycles. The Morgan fingerprint density at radius 3 is 2.10 bits per heavy atom. The number of halogens is 1. The lowest BCUT2D eigenvalue weighted by atomic mass is 10.1. The van der Waals surface area contributed by atoms with Crippen LogP contribution in [-0.4, -0.2) is 15.0 Å². The summed E-state index contributed by atoms with van der Waals surface area (Å²) in [5.74, 6) is -0.469. The first-order valence-electron chi connectivity index (χ1n) is 6.21. The van der Waals surface area contributed by atoms with E-state index in [1.165, 1.54) is 12.1 Å². The molecule has 0 heterocycles. The lowest BCUT2D eigenvalue weighted by Crippen LogP contribution is -2.22. The minimum atomic E-state index is -3.63. The molecule has 0 aliphatic heterocycles. The van der Waals surface area contributed by atoms with Crippen LogP contribution >= 0.6 is 0 Å². The van der Waals surface area contributed by atoms with Crippen molar-refractivity contribution in [3.05, 3.63) is 65.5 Å². The number of benzene rings is 2. The predicted octanol–water partition coefficient (Wildman–Crippen LogP) is 2.61. The number of hydrogen-bond donors (Lipinski definition) is 1. The van der Waals surface area contributed by atoms with E-state index in [-0.39, 0.29) is 11.4 Å². The molecule has 2 aromatic carbocycles. The highest BCUT2D eigenvalue weighted by Crippen LogP contribution is 2.28. The maximum absolute atomic E-state index is 12.9. The van der Waals surface area contributed by atoms with Gasteiger partial charge in [-0.15, -0.1) is 0 Å². The fourth-order valence-electron chi connectivity index (χ4n) is 2.01. The van der Waals surface area contributed by atoms with Gasteiger partial charge >= 0.3 is 0 Å². The molecule has 20 heavy (non-hydrogen) atoms. The average molecular weight is 293 g/mol. The third kappa shape index (κ3) is 2.89. The molecule has 0 aromatic heterocycles. The van der Waals surface area contributed by atoms with Crippen molar-refractivity contribution in [1.82, 2.24) is 0 Å². The number of aryl methyl sites for hydroxylation is 1. The molecule has 1 atom stereocenters. The Bertz CT molecular complexity index is 679. The summed E-state index contributed by atoms with van der Waals surface area (Å²) in [7, 11) is -3.63. The van der Waals surface area contributed by atoms with E-state index in [9.17, 15) is 12.8 Å². The van der Waals surface area contributed by atoms with E-state index >= 15 is 0 Å². The van der Waals surface area contributed by atoms with E-state index in [1.807, 2.05) is 19.1 Å². The smallest absolute Gasteiger partial charge is 0.186 e. The Morgan fingerprint density at radius 1 is 1.05 bits per heavy atom. The van der Waals surface area contributed by atoms with Crippen molar-refractivity contribution in [3.8, 4) is 0 Å². The van der Waals surface area contributed by atoms with Crippen LogP contribution in [0.1, 0.15) is 16.4 Å². The van der Waals surface area contributed by atoms with Crippen molar-refractivity contribution in [2.24, 2.45) is 5.73 Å². The fourth-order valence-corrected chi connectivity index (χ4v) is 3.62. The molecule has 0 aliphatic carbocycles. The first-order chi connectivity index (χ1) is 9.45. The molecule has 3 nitrogen and oxygen atoms in total. The zero-order valence-electron chi connectivity index (χ0n) is 11.1. The molecular weight excluding hydrogens is 277 g/mol. The molecular formula is C15H16FNO2S. The normalized spacial score (nSPS) is 13.2. The van der Waals surface area contributed by atoms with Crippen molar-refractivity contribution in [1.29, 1.82) is 0 Å². The minimum absolute atomic E-state index is 0.0250. The first-order valence-corrected chi connectivity index (χ1v) is 7.76. The third-order valence-electron chi connectivity index (χ3n) is 3.18. The standard InChI is InChI=1S/C15H16FNO2S/c1-11-2-4-12(5-3-11)15(10-17)20(18,19)14-8-6-13(16)7-9-14/h2-9,15H,10,17H2,1H3/t15-/m1/s1. The van der Waals surface area contributed by atoms with Crippen LogP contribution in [0.4, 0.5) is 4.39 Å². The van der Waals surface area contributed by atoms with Gasteiger partial charge in [0.2, 0.25) is 0 Å². The van der Waals surface area contributed by atoms with E-state index in [0.29, 0.717) is 5.56 Å². The highest BCUT2D eigenvalue weighted by Gasteiger charge is 2.27. The van der Waals surface area contributed by atoms with Gasteiger partial charge in [-0.05, 0) is 36.8 Å². The second kappa shape index (κ2) is 5.73. The van der Waals surface area contributed by atoms with E-state index in [1.54, 1.807) is 12.1 Å². The van der Waals surface area contributed by atoms with Gasteiger partial charge in [0.25, 0.3) is 0 Å².